The first-order valence-electron chi connectivity index (χ1n) is 19.2. The van der Waals surface area contributed by atoms with Gasteiger partial charge in [0.15, 0.2) is 17.6 Å². The van der Waals surface area contributed by atoms with E-state index in [1.54, 1.807) is 0 Å². The molecule has 4 heterocycles. The lowest BCUT2D eigenvalue weighted by molar-refractivity contribution is 0.628. The maximum absolute atomic E-state index is 6.86. The number of benzene rings is 8. The molecule has 3 aromatic heterocycles. The van der Waals surface area contributed by atoms with Crippen molar-refractivity contribution in [1.82, 2.24) is 9.88 Å². The number of furan rings is 2. The summed E-state index contributed by atoms with van der Waals surface area (Å²) in [7, 11) is 0. The lowest BCUT2D eigenvalue weighted by Crippen LogP contribution is -2.33. The van der Waals surface area contributed by atoms with E-state index in [0.29, 0.717) is 5.84 Å². The number of hydrogen-bond donors (Lipinski definition) is 1. The zero-order chi connectivity index (χ0) is 37.5. The Bertz CT molecular complexity index is 3390. The topological polar surface area (TPSA) is 68.0 Å². The van der Waals surface area contributed by atoms with Gasteiger partial charge in [-0.1, -0.05) is 146 Å². The van der Waals surface area contributed by atoms with E-state index in [4.69, 9.17) is 18.8 Å². The molecule has 0 saturated carbocycles. The van der Waals surface area contributed by atoms with E-state index in [2.05, 4.69) is 137 Å². The van der Waals surface area contributed by atoms with E-state index in [9.17, 15) is 0 Å². The Balaban J connectivity index is 0.999. The molecular formula is C51H32N4O2. The van der Waals surface area contributed by atoms with Crippen LogP contribution < -0.4 is 5.32 Å². The number of fused-ring (bicyclic) bond motifs is 9. The van der Waals surface area contributed by atoms with Gasteiger partial charge in [-0.05, 0) is 47.5 Å². The van der Waals surface area contributed by atoms with Crippen molar-refractivity contribution in [3.05, 3.63) is 199 Å². The van der Waals surface area contributed by atoms with Gasteiger partial charge in [0.25, 0.3) is 0 Å². The van der Waals surface area contributed by atoms with Crippen LogP contribution in [0.2, 0.25) is 0 Å². The smallest absolute Gasteiger partial charge is 0.159 e. The van der Waals surface area contributed by atoms with Gasteiger partial charge < -0.3 is 18.7 Å². The molecule has 8 aromatic carbocycles. The zero-order valence-corrected chi connectivity index (χ0v) is 30.6. The van der Waals surface area contributed by atoms with Crippen LogP contribution in [0.15, 0.2) is 201 Å². The van der Waals surface area contributed by atoms with Gasteiger partial charge in [0.2, 0.25) is 0 Å². The normalized spacial score (nSPS) is 14.5. The van der Waals surface area contributed by atoms with Crippen molar-refractivity contribution >= 4 is 77.4 Å². The van der Waals surface area contributed by atoms with Gasteiger partial charge in [-0.15, -0.1) is 0 Å². The molecule has 6 nitrogen and oxygen atoms in total. The van der Waals surface area contributed by atoms with Crippen LogP contribution in [0.3, 0.4) is 0 Å². The van der Waals surface area contributed by atoms with Crippen LogP contribution >= 0.6 is 0 Å². The van der Waals surface area contributed by atoms with Crippen molar-refractivity contribution in [2.45, 2.75) is 6.17 Å². The summed E-state index contributed by atoms with van der Waals surface area (Å²) in [6, 6.07) is 63.1. The third-order valence-corrected chi connectivity index (χ3v) is 11.3. The summed E-state index contributed by atoms with van der Waals surface area (Å²) in [5.41, 5.74) is 11.7. The van der Waals surface area contributed by atoms with Crippen LogP contribution in [0.25, 0.3) is 82.5 Å². The van der Waals surface area contributed by atoms with Crippen molar-refractivity contribution in [2.75, 3.05) is 0 Å². The largest absolute Gasteiger partial charge is 0.456 e. The van der Waals surface area contributed by atoms with Crippen LogP contribution in [0.5, 0.6) is 0 Å². The molecule has 0 saturated heterocycles. The minimum Gasteiger partial charge on any atom is -0.456 e. The molecule has 1 unspecified atom stereocenters. The van der Waals surface area contributed by atoms with Crippen molar-refractivity contribution in [3.63, 3.8) is 0 Å². The molecule has 1 aliphatic heterocycles. The Morgan fingerprint density at radius 1 is 0.474 bits per heavy atom. The predicted molar refractivity (Wildman–Crippen MR) is 233 cm³/mol. The Morgan fingerprint density at radius 2 is 1.12 bits per heavy atom. The summed E-state index contributed by atoms with van der Waals surface area (Å²) in [5.74, 6) is 1.44. The van der Waals surface area contributed by atoms with Gasteiger partial charge >= 0.3 is 0 Å². The molecule has 57 heavy (non-hydrogen) atoms. The molecule has 0 fully saturated rings. The second-order valence-corrected chi connectivity index (χ2v) is 14.5. The van der Waals surface area contributed by atoms with Gasteiger partial charge in [0.05, 0.1) is 16.7 Å². The number of hydrogen-bond acceptors (Lipinski definition) is 5. The second-order valence-electron chi connectivity index (χ2n) is 14.5. The third kappa shape index (κ3) is 4.90. The molecule has 0 spiro atoms. The molecule has 1 aliphatic rings. The first-order chi connectivity index (χ1) is 28.3. The molecule has 1 atom stereocenters. The fourth-order valence-corrected chi connectivity index (χ4v) is 8.70. The summed E-state index contributed by atoms with van der Waals surface area (Å²) in [4.78, 5) is 10.1. The summed E-state index contributed by atoms with van der Waals surface area (Å²) < 4.78 is 16.0. The van der Waals surface area contributed by atoms with Gasteiger partial charge in [0.1, 0.15) is 22.6 Å². The SMILES string of the molecule is c1ccc(C2=NC(c3cccc4c3oc3cccc(-c5ccc6c(c5)oc5c(-n7c8ccccc8c8ccccc87)cccc56)c34)NC(c3ccccc3)=N2)cc1. The van der Waals surface area contributed by atoms with E-state index in [1.165, 1.54) is 10.8 Å². The molecule has 0 aliphatic carbocycles. The van der Waals surface area contributed by atoms with Crippen LogP contribution in [-0.4, -0.2) is 16.2 Å². The van der Waals surface area contributed by atoms with E-state index >= 15 is 0 Å². The van der Waals surface area contributed by atoms with Gasteiger partial charge in [-0.2, -0.15) is 0 Å². The number of nitrogens with one attached hydrogen (secondary N) is 1. The molecular weight excluding hydrogens is 701 g/mol. The van der Waals surface area contributed by atoms with Gasteiger partial charge in [-0.3, -0.25) is 0 Å². The highest BCUT2D eigenvalue weighted by atomic mass is 16.3. The first kappa shape index (κ1) is 31.6. The Hall–Kier alpha value is -7.70. The number of aromatic nitrogens is 1. The molecule has 11 aromatic rings. The highest BCUT2D eigenvalue weighted by Gasteiger charge is 2.26. The van der Waals surface area contributed by atoms with Crippen LogP contribution in [-0.2, 0) is 0 Å². The molecule has 6 heteroatoms. The summed E-state index contributed by atoms with van der Waals surface area (Å²) in [5, 5.41) is 10.3. The molecule has 0 bridgehead atoms. The lowest BCUT2D eigenvalue weighted by Gasteiger charge is -2.23. The predicted octanol–water partition coefficient (Wildman–Crippen LogP) is 12.7. The van der Waals surface area contributed by atoms with Crippen LogP contribution in [0.1, 0.15) is 22.9 Å². The molecule has 0 radical (unpaired) electrons. The average Bonchev–Trinajstić information content (AvgIpc) is 3.96. The van der Waals surface area contributed by atoms with Crippen LogP contribution in [0.4, 0.5) is 0 Å². The highest BCUT2D eigenvalue weighted by Crippen LogP contribution is 2.43. The van der Waals surface area contributed by atoms with Crippen molar-refractivity contribution in [1.29, 1.82) is 0 Å². The zero-order valence-electron chi connectivity index (χ0n) is 30.6. The van der Waals surface area contributed by atoms with Gasteiger partial charge in [-0.25, -0.2) is 9.98 Å². The Kier molecular flexibility index (Phi) is 6.89. The van der Waals surface area contributed by atoms with E-state index < -0.39 is 6.17 Å². The summed E-state index contributed by atoms with van der Waals surface area (Å²) in [6.07, 6.45) is -0.420. The number of nitrogens with zero attached hydrogens (tertiary/aromatic N) is 3. The minimum atomic E-state index is -0.420. The Morgan fingerprint density at radius 3 is 1.91 bits per heavy atom. The average molecular weight is 733 g/mol. The van der Waals surface area contributed by atoms with E-state index in [1.807, 2.05) is 54.6 Å². The number of para-hydroxylation sites is 4. The Labute approximate surface area is 326 Å². The third-order valence-electron chi connectivity index (χ3n) is 11.3. The maximum atomic E-state index is 6.86. The highest BCUT2D eigenvalue weighted by molar-refractivity contribution is 6.17. The maximum Gasteiger partial charge on any atom is 0.159 e. The molecule has 0 amide bonds. The fourth-order valence-electron chi connectivity index (χ4n) is 8.70. The van der Waals surface area contributed by atoms with Crippen molar-refractivity contribution in [3.8, 4) is 16.8 Å². The standard InChI is InChI=1S/C51H32N4O2/c1-3-14-31(15-4-1)49-52-50(32-16-5-2-6-17-32)54-51(53-49)40-23-11-22-39-46-34(20-13-27-44(46)56-47(39)40)33-28-29-37-38-21-12-26-43(48(38)57-45(37)30-33)55-41-24-9-7-18-35(41)36-19-8-10-25-42(36)55/h1-30,51H,(H,52,53,54). The van der Waals surface area contributed by atoms with E-state index in [0.717, 1.165) is 94.3 Å². The molecule has 268 valence electrons. The number of aliphatic imine (C=N–C) groups is 2. The molecule has 1 N–H and O–H groups in total. The minimum absolute atomic E-state index is 0.420. The van der Waals surface area contributed by atoms with Gasteiger partial charge in [0, 0.05) is 49.0 Å². The molecule has 12 rings (SSSR count). The first-order valence-corrected chi connectivity index (χ1v) is 19.2. The monoisotopic (exact) mass is 732 g/mol. The van der Waals surface area contributed by atoms with Crippen LogP contribution in [0, 0.1) is 0 Å². The summed E-state index contributed by atoms with van der Waals surface area (Å²) >= 11 is 0. The van der Waals surface area contributed by atoms with E-state index in [-0.39, 0.29) is 0 Å². The van der Waals surface area contributed by atoms with Crippen molar-refractivity contribution in [2.24, 2.45) is 9.98 Å². The number of amidine groups is 2. The lowest BCUT2D eigenvalue weighted by atomic mass is 9.97. The quantitative estimate of drug-likeness (QED) is 0.192. The fraction of sp³-hybridized carbons (Fsp3) is 0.0196. The number of rotatable bonds is 5. The second kappa shape index (κ2) is 12.4. The summed E-state index contributed by atoms with van der Waals surface area (Å²) in [6.45, 7) is 0. The van der Waals surface area contributed by atoms with Crippen molar-refractivity contribution < 1.29 is 8.83 Å².